The average molecular weight is 307 g/mol. The SMILES string of the molecule is Cc1nn(C)c(C)c1C(C)C(=O)OCc1ccccc1Cl. The molecule has 0 spiro atoms. The van der Waals surface area contributed by atoms with Crippen LogP contribution in [0, 0.1) is 13.8 Å². The summed E-state index contributed by atoms with van der Waals surface area (Å²) in [6, 6.07) is 7.34. The second kappa shape index (κ2) is 6.31. The van der Waals surface area contributed by atoms with Gasteiger partial charge in [0.2, 0.25) is 0 Å². The molecule has 2 rings (SSSR count). The van der Waals surface area contributed by atoms with E-state index in [4.69, 9.17) is 16.3 Å². The van der Waals surface area contributed by atoms with E-state index < -0.39 is 0 Å². The van der Waals surface area contributed by atoms with Crippen molar-refractivity contribution in [2.75, 3.05) is 0 Å². The quantitative estimate of drug-likeness (QED) is 0.812. The van der Waals surface area contributed by atoms with Gasteiger partial charge in [-0.05, 0) is 26.8 Å². The van der Waals surface area contributed by atoms with E-state index >= 15 is 0 Å². The van der Waals surface area contributed by atoms with Crippen LogP contribution in [0.1, 0.15) is 35.4 Å². The van der Waals surface area contributed by atoms with E-state index in [2.05, 4.69) is 5.10 Å². The van der Waals surface area contributed by atoms with Crippen molar-refractivity contribution >= 4 is 17.6 Å². The Morgan fingerprint density at radius 2 is 2.05 bits per heavy atom. The molecule has 0 aliphatic heterocycles. The van der Waals surface area contributed by atoms with E-state index in [1.807, 2.05) is 46.0 Å². The minimum Gasteiger partial charge on any atom is -0.460 e. The topological polar surface area (TPSA) is 44.1 Å². The van der Waals surface area contributed by atoms with E-state index in [9.17, 15) is 4.79 Å². The molecule has 2 aromatic rings. The Labute approximate surface area is 129 Å². The maximum atomic E-state index is 12.2. The normalized spacial score (nSPS) is 12.2. The average Bonchev–Trinajstić information content (AvgIpc) is 2.70. The molecule has 5 heteroatoms. The summed E-state index contributed by atoms with van der Waals surface area (Å²) in [6.45, 7) is 5.88. The lowest BCUT2D eigenvalue weighted by Gasteiger charge is -2.13. The molecule has 0 N–H and O–H groups in total. The molecule has 1 heterocycles. The van der Waals surface area contributed by atoms with Crippen LogP contribution in [0.5, 0.6) is 0 Å². The summed E-state index contributed by atoms with van der Waals surface area (Å²) in [7, 11) is 1.87. The molecule has 1 aromatic heterocycles. The van der Waals surface area contributed by atoms with Gasteiger partial charge in [-0.3, -0.25) is 9.48 Å². The Morgan fingerprint density at radius 3 is 2.62 bits per heavy atom. The number of halogens is 1. The van der Waals surface area contributed by atoms with Crippen molar-refractivity contribution in [1.29, 1.82) is 0 Å². The third kappa shape index (κ3) is 3.27. The lowest BCUT2D eigenvalue weighted by Crippen LogP contribution is -2.14. The first-order valence-electron chi connectivity index (χ1n) is 6.82. The molecule has 0 aliphatic carbocycles. The summed E-state index contributed by atoms with van der Waals surface area (Å²) >= 11 is 6.05. The summed E-state index contributed by atoms with van der Waals surface area (Å²) in [5, 5.41) is 4.94. The summed E-state index contributed by atoms with van der Waals surface area (Å²) < 4.78 is 7.16. The molecule has 1 unspecified atom stereocenters. The predicted octanol–water partition coefficient (Wildman–Crippen LogP) is 3.54. The monoisotopic (exact) mass is 306 g/mol. The number of aromatic nitrogens is 2. The maximum absolute atomic E-state index is 12.2. The molecule has 0 aliphatic rings. The Kier molecular flexibility index (Phi) is 4.68. The standard InChI is InChI=1S/C16H19ClN2O2/c1-10(15-11(2)18-19(4)12(15)3)16(20)21-9-13-7-5-6-8-14(13)17/h5-8,10H,9H2,1-4H3. The van der Waals surface area contributed by atoms with E-state index in [1.54, 1.807) is 10.7 Å². The smallest absolute Gasteiger partial charge is 0.313 e. The molecule has 1 aromatic carbocycles. The van der Waals surface area contributed by atoms with E-state index in [0.717, 1.165) is 22.5 Å². The van der Waals surface area contributed by atoms with Gasteiger partial charge in [0.25, 0.3) is 0 Å². The van der Waals surface area contributed by atoms with Crippen molar-refractivity contribution < 1.29 is 9.53 Å². The summed E-state index contributed by atoms with van der Waals surface area (Å²) in [5.74, 6) is -0.615. The molecule has 0 fully saturated rings. The molecule has 112 valence electrons. The number of carbonyl (C=O) groups is 1. The van der Waals surface area contributed by atoms with Crippen molar-refractivity contribution in [3.8, 4) is 0 Å². The third-order valence-corrected chi connectivity index (χ3v) is 4.05. The van der Waals surface area contributed by atoms with Crippen LogP contribution in [-0.2, 0) is 23.2 Å². The summed E-state index contributed by atoms with van der Waals surface area (Å²) in [6.07, 6.45) is 0. The first-order valence-corrected chi connectivity index (χ1v) is 7.19. The molecule has 0 saturated heterocycles. The molecule has 1 atom stereocenters. The first kappa shape index (κ1) is 15.6. The van der Waals surface area contributed by atoms with Crippen LogP contribution in [0.3, 0.4) is 0 Å². The highest BCUT2D eigenvalue weighted by molar-refractivity contribution is 6.31. The number of carbonyl (C=O) groups excluding carboxylic acids is 1. The summed E-state index contributed by atoms with van der Waals surface area (Å²) in [5.41, 5.74) is 3.58. The highest BCUT2D eigenvalue weighted by Crippen LogP contribution is 2.25. The highest BCUT2D eigenvalue weighted by atomic mass is 35.5. The van der Waals surface area contributed by atoms with Crippen molar-refractivity contribution in [2.24, 2.45) is 7.05 Å². The number of benzene rings is 1. The lowest BCUT2D eigenvalue weighted by molar-refractivity contribution is -0.146. The molecule has 4 nitrogen and oxygen atoms in total. The lowest BCUT2D eigenvalue weighted by atomic mass is 9.99. The summed E-state index contributed by atoms with van der Waals surface area (Å²) in [4.78, 5) is 12.2. The Bertz CT molecular complexity index is 664. The van der Waals surface area contributed by atoms with Crippen molar-refractivity contribution in [3.05, 3.63) is 51.8 Å². The second-order valence-electron chi connectivity index (χ2n) is 5.13. The molecular formula is C16H19ClN2O2. The Morgan fingerprint density at radius 1 is 1.38 bits per heavy atom. The number of esters is 1. The minimum atomic E-state index is -0.346. The van der Waals surface area contributed by atoms with Gasteiger partial charge in [-0.2, -0.15) is 5.10 Å². The molecular weight excluding hydrogens is 288 g/mol. The van der Waals surface area contributed by atoms with E-state index in [-0.39, 0.29) is 18.5 Å². The van der Waals surface area contributed by atoms with Gasteiger partial charge in [0.05, 0.1) is 11.6 Å². The van der Waals surface area contributed by atoms with Crippen LogP contribution in [0.25, 0.3) is 0 Å². The van der Waals surface area contributed by atoms with Crippen molar-refractivity contribution in [3.63, 3.8) is 0 Å². The van der Waals surface area contributed by atoms with Crippen LogP contribution in [0.4, 0.5) is 0 Å². The van der Waals surface area contributed by atoms with Crippen LogP contribution in [-0.4, -0.2) is 15.7 Å². The van der Waals surface area contributed by atoms with Crippen LogP contribution >= 0.6 is 11.6 Å². The maximum Gasteiger partial charge on any atom is 0.313 e. The van der Waals surface area contributed by atoms with Crippen molar-refractivity contribution in [1.82, 2.24) is 9.78 Å². The molecule has 0 radical (unpaired) electrons. The fourth-order valence-corrected chi connectivity index (χ4v) is 2.61. The van der Waals surface area contributed by atoms with Gasteiger partial charge in [-0.15, -0.1) is 0 Å². The number of hydrogen-bond donors (Lipinski definition) is 0. The first-order chi connectivity index (χ1) is 9.91. The van der Waals surface area contributed by atoms with E-state index in [0.29, 0.717) is 5.02 Å². The number of aryl methyl sites for hydroxylation is 2. The van der Waals surface area contributed by atoms with Gasteiger partial charge in [-0.1, -0.05) is 29.8 Å². The highest BCUT2D eigenvalue weighted by Gasteiger charge is 2.24. The fourth-order valence-electron chi connectivity index (χ4n) is 2.42. The number of ether oxygens (including phenoxy) is 1. The van der Waals surface area contributed by atoms with Crippen molar-refractivity contribution in [2.45, 2.75) is 33.3 Å². The van der Waals surface area contributed by atoms with E-state index in [1.165, 1.54) is 0 Å². The second-order valence-corrected chi connectivity index (χ2v) is 5.54. The van der Waals surface area contributed by atoms with Gasteiger partial charge in [0, 0.05) is 28.9 Å². The fraction of sp³-hybridized carbons (Fsp3) is 0.375. The number of nitrogens with zero attached hydrogens (tertiary/aromatic N) is 2. The van der Waals surface area contributed by atoms with Crippen LogP contribution in [0.2, 0.25) is 5.02 Å². The number of hydrogen-bond acceptors (Lipinski definition) is 3. The van der Waals surface area contributed by atoms with Gasteiger partial charge in [0.15, 0.2) is 0 Å². The Balaban J connectivity index is 2.08. The van der Waals surface area contributed by atoms with Crippen LogP contribution in [0.15, 0.2) is 24.3 Å². The molecule has 0 bridgehead atoms. The van der Waals surface area contributed by atoms with Gasteiger partial charge in [-0.25, -0.2) is 0 Å². The van der Waals surface area contributed by atoms with Gasteiger partial charge in [0.1, 0.15) is 6.61 Å². The number of rotatable bonds is 4. The zero-order chi connectivity index (χ0) is 15.6. The molecule has 0 saturated carbocycles. The van der Waals surface area contributed by atoms with Crippen LogP contribution < -0.4 is 0 Å². The Hall–Kier alpha value is -1.81. The molecule has 21 heavy (non-hydrogen) atoms. The van der Waals surface area contributed by atoms with Gasteiger partial charge >= 0.3 is 5.97 Å². The largest absolute Gasteiger partial charge is 0.460 e. The third-order valence-electron chi connectivity index (χ3n) is 3.68. The molecule has 0 amide bonds. The predicted molar refractivity (Wildman–Crippen MR) is 82.3 cm³/mol. The van der Waals surface area contributed by atoms with Gasteiger partial charge < -0.3 is 4.74 Å². The zero-order valence-electron chi connectivity index (χ0n) is 12.7. The minimum absolute atomic E-state index is 0.182. The zero-order valence-corrected chi connectivity index (χ0v) is 13.4.